The first kappa shape index (κ1) is 30.6. The van der Waals surface area contributed by atoms with Crippen LogP contribution in [0.5, 0.6) is 0 Å². The number of tetrazole rings is 1. The molecule has 2 heterocycles. The molecule has 2 rings (SSSR count). The van der Waals surface area contributed by atoms with Crippen LogP contribution in [0.25, 0.3) is 0 Å². The van der Waals surface area contributed by atoms with Gasteiger partial charge in [0.25, 0.3) is 5.91 Å². The lowest BCUT2D eigenvalue weighted by Crippen LogP contribution is -2.58. The summed E-state index contributed by atoms with van der Waals surface area (Å²) in [5.41, 5.74) is 0. The summed E-state index contributed by atoms with van der Waals surface area (Å²) in [6, 6.07) is -4.96. The number of aromatic amines is 1. The molecule has 1 aliphatic heterocycles. The van der Waals surface area contributed by atoms with Crippen molar-refractivity contribution in [1.82, 2.24) is 46.8 Å². The molecule has 1 aliphatic rings. The van der Waals surface area contributed by atoms with Crippen LogP contribution in [0, 0.1) is 5.92 Å². The summed E-state index contributed by atoms with van der Waals surface area (Å²) in [6.45, 7) is 3.00. The number of hydrogen-bond acceptors (Lipinski definition) is 10. The van der Waals surface area contributed by atoms with Crippen molar-refractivity contribution in [2.75, 3.05) is 6.54 Å². The minimum atomic E-state index is -1.53. The molecular weight excluding hydrogens is 522 g/mol. The minimum Gasteiger partial charge on any atom is -0.481 e. The Balaban J connectivity index is 2.20. The molecule has 214 valence electrons. The molecule has 18 nitrogen and oxygen atoms in total. The van der Waals surface area contributed by atoms with Gasteiger partial charge in [-0.15, -0.1) is 10.2 Å². The zero-order valence-electron chi connectivity index (χ0n) is 21.3. The summed E-state index contributed by atoms with van der Waals surface area (Å²) in [6.07, 6.45) is -1.39. The van der Waals surface area contributed by atoms with Gasteiger partial charge in [-0.1, -0.05) is 25.5 Å². The highest BCUT2D eigenvalue weighted by molar-refractivity contribution is 6.05. The Morgan fingerprint density at radius 3 is 2.36 bits per heavy atom. The third-order valence-corrected chi connectivity index (χ3v) is 5.97. The third kappa shape index (κ3) is 9.00. The smallest absolute Gasteiger partial charge is 0.325 e. The van der Waals surface area contributed by atoms with E-state index < -0.39 is 84.9 Å². The Kier molecular flexibility index (Phi) is 11.2. The number of carbonyl (C=O) groups excluding carboxylic acids is 5. The molecule has 3 unspecified atom stereocenters. The standard InChI is InChI=1S/C21H31N9O9/c1-3-10(2)17(25-14(31)5-7-16(34)35)19(37)24-11(4-6-15(32)33)20(38)30-12(8-23-21(30)39)18(36)22-9-13-26-28-29-27-13/h10-12,17H,3-9H2,1-2H3,(H,22,36)(H,23,39)(H,24,37)(H,25,31)(H,32,33)(H,34,35)(H,26,27,28,29)/t10?,11?,12-,17?/m0/s1. The molecule has 18 heteroatoms. The highest BCUT2D eigenvalue weighted by Crippen LogP contribution is 2.15. The Hall–Kier alpha value is -4.64. The number of carbonyl (C=O) groups is 7. The lowest BCUT2D eigenvalue weighted by molar-refractivity contribution is -0.141. The molecule has 6 amide bonds. The molecule has 1 aromatic heterocycles. The van der Waals surface area contributed by atoms with Crippen LogP contribution in [-0.4, -0.2) is 102 Å². The summed E-state index contributed by atoms with van der Waals surface area (Å²) in [5.74, 6) is -6.09. The summed E-state index contributed by atoms with van der Waals surface area (Å²) < 4.78 is 0. The Morgan fingerprint density at radius 2 is 1.77 bits per heavy atom. The first-order valence-corrected chi connectivity index (χ1v) is 12.1. The highest BCUT2D eigenvalue weighted by atomic mass is 16.4. The van der Waals surface area contributed by atoms with Gasteiger partial charge < -0.3 is 31.5 Å². The van der Waals surface area contributed by atoms with E-state index in [4.69, 9.17) is 10.2 Å². The van der Waals surface area contributed by atoms with E-state index >= 15 is 0 Å². The molecule has 0 aliphatic carbocycles. The highest BCUT2D eigenvalue weighted by Gasteiger charge is 2.43. The third-order valence-electron chi connectivity index (χ3n) is 5.97. The van der Waals surface area contributed by atoms with Gasteiger partial charge in [-0.25, -0.2) is 9.69 Å². The van der Waals surface area contributed by atoms with Crippen molar-refractivity contribution in [3.63, 3.8) is 0 Å². The topological polar surface area (TPSA) is 266 Å². The van der Waals surface area contributed by atoms with E-state index in [1.165, 1.54) is 0 Å². The average Bonchev–Trinajstić information content (AvgIpc) is 3.55. The summed E-state index contributed by atoms with van der Waals surface area (Å²) in [4.78, 5) is 86.6. The number of carboxylic acid groups (broad SMARTS) is 2. The lowest BCUT2D eigenvalue weighted by Gasteiger charge is -2.29. The molecule has 0 bridgehead atoms. The normalized spacial score (nSPS) is 16.9. The predicted molar refractivity (Wildman–Crippen MR) is 127 cm³/mol. The van der Waals surface area contributed by atoms with E-state index in [-0.39, 0.29) is 25.3 Å². The fraction of sp³-hybridized carbons (Fsp3) is 0.619. The first-order chi connectivity index (χ1) is 18.4. The Morgan fingerprint density at radius 1 is 1.08 bits per heavy atom. The van der Waals surface area contributed by atoms with E-state index in [0.29, 0.717) is 11.3 Å². The van der Waals surface area contributed by atoms with Crippen LogP contribution >= 0.6 is 0 Å². The number of urea groups is 1. The Bertz CT molecular complexity index is 1080. The molecule has 39 heavy (non-hydrogen) atoms. The maximum Gasteiger partial charge on any atom is 0.325 e. The van der Waals surface area contributed by atoms with Crippen LogP contribution in [0.3, 0.4) is 0 Å². The van der Waals surface area contributed by atoms with Gasteiger partial charge in [0.05, 0.1) is 13.0 Å². The van der Waals surface area contributed by atoms with E-state index in [1.807, 2.05) is 0 Å². The quantitative estimate of drug-likeness (QED) is 0.119. The van der Waals surface area contributed by atoms with Crippen LogP contribution in [0.2, 0.25) is 0 Å². The van der Waals surface area contributed by atoms with Gasteiger partial charge >= 0.3 is 18.0 Å². The lowest BCUT2D eigenvalue weighted by atomic mass is 9.97. The minimum absolute atomic E-state index is 0.145. The van der Waals surface area contributed by atoms with E-state index in [1.54, 1.807) is 13.8 Å². The molecule has 1 fully saturated rings. The number of amides is 6. The predicted octanol–water partition coefficient (Wildman–Crippen LogP) is -2.52. The number of nitrogens with zero attached hydrogens (tertiary/aromatic N) is 4. The number of aliphatic carboxylic acids is 2. The number of nitrogens with one attached hydrogen (secondary N) is 5. The van der Waals surface area contributed by atoms with Gasteiger partial charge in [-0.2, -0.15) is 5.21 Å². The summed E-state index contributed by atoms with van der Waals surface area (Å²) in [7, 11) is 0. The molecule has 0 aromatic carbocycles. The monoisotopic (exact) mass is 553 g/mol. The van der Waals surface area contributed by atoms with Crippen LogP contribution in [-0.2, 0) is 35.3 Å². The maximum atomic E-state index is 13.4. The molecule has 4 atom stereocenters. The fourth-order valence-corrected chi connectivity index (χ4v) is 3.63. The van der Waals surface area contributed by atoms with Crippen molar-refractivity contribution >= 4 is 41.6 Å². The van der Waals surface area contributed by atoms with Gasteiger partial charge in [0.1, 0.15) is 18.1 Å². The van der Waals surface area contributed by atoms with Crippen molar-refractivity contribution in [3.8, 4) is 0 Å². The maximum absolute atomic E-state index is 13.4. The Labute approximate surface area is 221 Å². The van der Waals surface area contributed by atoms with Crippen LogP contribution in [0.15, 0.2) is 0 Å². The zero-order valence-corrected chi connectivity index (χ0v) is 21.3. The molecule has 0 saturated carbocycles. The second-order valence-electron chi connectivity index (χ2n) is 8.77. The molecule has 0 spiro atoms. The van der Waals surface area contributed by atoms with Crippen molar-refractivity contribution in [3.05, 3.63) is 5.82 Å². The van der Waals surface area contributed by atoms with Gasteiger partial charge in [0.15, 0.2) is 5.82 Å². The molecule has 0 radical (unpaired) electrons. The number of carboxylic acids is 2. The van der Waals surface area contributed by atoms with Crippen LogP contribution < -0.4 is 21.3 Å². The number of imide groups is 1. The SMILES string of the molecule is CCC(C)C(NC(=O)CCC(=O)O)C(=O)NC(CCC(=O)O)C(=O)N1C(=O)NC[C@H]1C(=O)NCc1nn[nH]n1. The van der Waals surface area contributed by atoms with Gasteiger partial charge in [0.2, 0.25) is 17.7 Å². The first-order valence-electron chi connectivity index (χ1n) is 12.1. The number of H-pyrrole nitrogens is 1. The molecular formula is C21H31N9O9. The van der Waals surface area contributed by atoms with Crippen molar-refractivity contribution in [1.29, 1.82) is 0 Å². The zero-order chi connectivity index (χ0) is 29.1. The van der Waals surface area contributed by atoms with Crippen LogP contribution in [0.4, 0.5) is 4.79 Å². The van der Waals surface area contributed by atoms with E-state index in [2.05, 4.69) is 41.9 Å². The second-order valence-corrected chi connectivity index (χ2v) is 8.77. The number of hydrogen-bond donors (Lipinski definition) is 7. The van der Waals surface area contributed by atoms with Crippen molar-refractivity contribution in [2.24, 2.45) is 5.92 Å². The summed E-state index contributed by atoms with van der Waals surface area (Å²) >= 11 is 0. The molecule has 1 aromatic rings. The number of rotatable bonds is 15. The second kappa shape index (κ2) is 14.3. The molecule has 1 saturated heterocycles. The fourth-order valence-electron chi connectivity index (χ4n) is 3.63. The average molecular weight is 554 g/mol. The van der Waals surface area contributed by atoms with E-state index in [0.717, 1.165) is 0 Å². The van der Waals surface area contributed by atoms with Gasteiger partial charge in [-0.05, 0) is 12.3 Å². The van der Waals surface area contributed by atoms with Crippen LogP contribution in [0.1, 0.15) is 51.8 Å². The molecule has 7 N–H and O–H groups in total. The van der Waals surface area contributed by atoms with Crippen molar-refractivity contribution in [2.45, 2.75) is 70.6 Å². The van der Waals surface area contributed by atoms with Gasteiger partial charge in [0, 0.05) is 19.4 Å². The summed E-state index contributed by atoms with van der Waals surface area (Å²) in [5, 5.41) is 40.5. The van der Waals surface area contributed by atoms with E-state index in [9.17, 15) is 33.6 Å². The van der Waals surface area contributed by atoms with Crippen molar-refractivity contribution < 1.29 is 43.8 Å². The largest absolute Gasteiger partial charge is 0.481 e. The number of aromatic nitrogens is 4. The van der Waals surface area contributed by atoms with Gasteiger partial charge in [-0.3, -0.25) is 28.8 Å².